The number of nitrogens with two attached hydrogens (primary N) is 1. The molecule has 9 heteroatoms. The molecule has 44 heavy (non-hydrogen) atoms. The van der Waals surface area contributed by atoms with E-state index in [0.29, 0.717) is 6.54 Å². The maximum absolute atomic E-state index is 11.0. The van der Waals surface area contributed by atoms with Crippen molar-refractivity contribution in [3.8, 4) is 11.1 Å². The van der Waals surface area contributed by atoms with Crippen molar-refractivity contribution in [2.75, 3.05) is 37.6 Å². The minimum atomic E-state index is -0.512. The van der Waals surface area contributed by atoms with Gasteiger partial charge in [0.25, 0.3) is 5.69 Å². The van der Waals surface area contributed by atoms with E-state index in [-0.39, 0.29) is 29.4 Å². The summed E-state index contributed by atoms with van der Waals surface area (Å²) in [5.41, 5.74) is 13.2. The van der Waals surface area contributed by atoms with Gasteiger partial charge in [0.1, 0.15) is 0 Å². The number of ether oxygens (including phenoxy) is 2. The zero-order chi connectivity index (χ0) is 30.5. The summed E-state index contributed by atoms with van der Waals surface area (Å²) in [5, 5.41) is 20.5. The zero-order valence-corrected chi connectivity index (χ0v) is 24.6. The fourth-order valence-electron chi connectivity index (χ4n) is 6.01. The Bertz CT molecular complexity index is 1540. The Balaban J connectivity index is 1.15. The third-order valence-electron chi connectivity index (χ3n) is 8.55. The first-order valence-corrected chi connectivity index (χ1v) is 15.1. The van der Waals surface area contributed by atoms with Crippen molar-refractivity contribution in [2.45, 2.75) is 38.1 Å². The molecule has 0 aromatic heterocycles. The number of aliphatic hydroxyl groups excluding tert-OH is 1. The molecule has 0 unspecified atom stereocenters. The Morgan fingerprint density at radius 2 is 1.52 bits per heavy atom. The van der Waals surface area contributed by atoms with Gasteiger partial charge in [-0.25, -0.2) is 0 Å². The second-order valence-corrected chi connectivity index (χ2v) is 11.4. The Morgan fingerprint density at radius 1 is 0.818 bits per heavy atom. The SMILES string of the molecule is NCc1cccc(-c2ccc([C@@H]3O[C@H](CN4CCN(c5ccc([N+](=O)[O-])cc5)CC4)C[C@H](c4ccc(CO)cc4)O3)cc2)c1. The van der Waals surface area contributed by atoms with Gasteiger partial charge in [0.15, 0.2) is 6.29 Å². The first-order valence-electron chi connectivity index (χ1n) is 15.1. The molecule has 0 radical (unpaired) electrons. The minimum absolute atomic E-state index is 0.00650. The first kappa shape index (κ1) is 29.9. The molecule has 0 bridgehead atoms. The Morgan fingerprint density at radius 3 is 2.18 bits per heavy atom. The van der Waals surface area contributed by atoms with Crippen LogP contribution in [0, 0.1) is 10.1 Å². The van der Waals surface area contributed by atoms with E-state index >= 15 is 0 Å². The van der Waals surface area contributed by atoms with Crippen molar-refractivity contribution in [1.82, 2.24) is 4.90 Å². The summed E-state index contributed by atoms with van der Waals surface area (Å²) < 4.78 is 13.2. The molecule has 2 aliphatic heterocycles. The topological polar surface area (TPSA) is 114 Å². The van der Waals surface area contributed by atoms with E-state index in [1.54, 1.807) is 12.1 Å². The highest BCUT2D eigenvalue weighted by atomic mass is 16.7. The van der Waals surface area contributed by atoms with Crippen LogP contribution < -0.4 is 10.6 Å². The van der Waals surface area contributed by atoms with Crippen LogP contribution in [0.1, 0.15) is 41.1 Å². The maximum atomic E-state index is 11.0. The van der Waals surface area contributed by atoms with E-state index in [1.165, 1.54) is 0 Å². The lowest BCUT2D eigenvalue weighted by Gasteiger charge is -2.41. The zero-order valence-electron chi connectivity index (χ0n) is 24.6. The lowest BCUT2D eigenvalue weighted by Crippen LogP contribution is -2.49. The molecule has 0 amide bonds. The van der Waals surface area contributed by atoms with Gasteiger partial charge in [-0.3, -0.25) is 15.0 Å². The lowest BCUT2D eigenvalue weighted by molar-refractivity contribution is -0.384. The minimum Gasteiger partial charge on any atom is -0.392 e. The highest BCUT2D eigenvalue weighted by Crippen LogP contribution is 2.39. The number of piperazine rings is 1. The quantitative estimate of drug-likeness (QED) is 0.191. The highest BCUT2D eigenvalue weighted by molar-refractivity contribution is 5.64. The first-order chi connectivity index (χ1) is 21.5. The van der Waals surface area contributed by atoms with Crippen LogP contribution >= 0.6 is 0 Å². The van der Waals surface area contributed by atoms with Gasteiger partial charge in [-0.15, -0.1) is 0 Å². The number of nitro benzene ring substituents is 1. The van der Waals surface area contributed by atoms with Crippen LogP contribution in [-0.2, 0) is 22.6 Å². The van der Waals surface area contributed by atoms with Crippen LogP contribution in [0.3, 0.4) is 0 Å². The van der Waals surface area contributed by atoms with Crippen molar-refractivity contribution >= 4 is 11.4 Å². The number of hydrogen-bond donors (Lipinski definition) is 2. The van der Waals surface area contributed by atoms with Crippen molar-refractivity contribution in [3.63, 3.8) is 0 Å². The van der Waals surface area contributed by atoms with E-state index in [9.17, 15) is 15.2 Å². The van der Waals surface area contributed by atoms with Gasteiger partial charge in [0.05, 0.1) is 23.7 Å². The number of aliphatic hydroxyl groups is 1. The molecule has 0 aliphatic carbocycles. The molecule has 0 saturated carbocycles. The van der Waals surface area contributed by atoms with Crippen molar-refractivity contribution in [3.05, 3.63) is 129 Å². The van der Waals surface area contributed by atoms with Gasteiger partial charge >= 0.3 is 0 Å². The summed E-state index contributed by atoms with van der Waals surface area (Å²) in [4.78, 5) is 15.3. The molecule has 2 fully saturated rings. The molecule has 3 N–H and O–H groups in total. The predicted octanol–water partition coefficient (Wildman–Crippen LogP) is 5.58. The number of nitrogens with zero attached hydrogens (tertiary/aromatic N) is 3. The Hall–Kier alpha value is -4.12. The van der Waals surface area contributed by atoms with E-state index in [4.69, 9.17) is 15.2 Å². The maximum Gasteiger partial charge on any atom is 0.269 e. The van der Waals surface area contributed by atoms with Gasteiger partial charge in [-0.2, -0.15) is 0 Å². The number of non-ortho nitro benzene ring substituents is 1. The Kier molecular flexibility index (Phi) is 9.30. The van der Waals surface area contributed by atoms with E-state index in [1.807, 2.05) is 48.5 Å². The van der Waals surface area contributed by atoms with Gasteiger partial charge in [-0.1, -0.05) is 66.7 Å². The molecular formula is C35H38N4O5. The van der Waals surface area contributed by atoms with Gasteiger partial charge in [0, 0.05) is 69.1 Å². The molecule has 4 aromatic carbocycles. The average Bonchev–Trinajstić information content (AvgIpc) is 3.08. The van der Waals surface area contributed by atoms with Crippen molar-refractivity contribution in [1.29, 1.82) is 0 Å². The number of nitro groups is 1. The van der Waals surface area contributed by atoms with Crippen LogP contribution in [0.25, 0.3) is 11.1 Å². The van der Waals surface area contributed by atoms with Crippen LogP contribution in [0.2, 0.25) is 0 Å². The average molecular weight is 595 g/mol. The van der Waals surface area contributed by atoms with E-state index in [2.05, 4.69) is 46.2 Å². The summed E-state index contributed by atoms with van der Waals surface area (Å²) in [5.74, 6) is 0. The summed E-state index contributed by atoms with van der Waals surface area (Å²) in [6.07, 6.45) is 0.0283. The van der Waals surface area contributed by atoms with Crippen molar-refractivity contribution in [2.24, 2.45) is 5.73 Å². The summed E-state index contributed by atoms with van der Waals surface area (Å²) in [6.45, 7) is 4.70. The normalized spacial score (nSPS) is 20.9. The fraction of sp³-hybridized carbons (Fsp3) is 0.314. The number of benzene rings is 4. The predicted molar refractivity (Wildman–Crippen MR) is 170 cm³/mol. The number of anilines is 1. The molecule has 2 heterocycles. The van der Waals surface area contributed by atoms with Crippen LogP contribution in [0.4, 0.5) is 11.4 Å². The van der Waals surface area contributed by atoms with Gasteiger partial charge in [-0.05, 0) is 46.0 Å². The molecule has 0 spiro atoms. The third kappa shape index (κ3) is 6.99. The molecule has 2 saturated heterocycles. The highest BCUT2D eigenvalue weighted by Gasteiger charge is 2.34. The smallest absolute Gasteiger partial charge is 0.269 e. The monoisotopic (exact) mass is 594 g/mol. The standard InChI is InChI=1S/C35H38N4O5/c36-22-26-2-1-3-30(20-26)27-8-10-29(11-9-27)35-43-33(21-34(44-35)28-6-4-25(24-40)5-7-28)23-37-16-18-38(19-17-37)31-12-14-32(15-13-31)39(41)42/h1-15,20,33-35,40H,16-19,21-24,36H2/t33-,34+,35+/m0/s1. The third-order valence-corrected chi connectivity index (χ3v) is 8.55. The second-order valence-electron chi connectivity index (χ2n) is 11.4. The van der Waals surface area contributed by atoms with Crippen LogP contribution in [0.5, 0.6) is 0 Å². The summed E-state index contributed by atoms with van der Waals surface area (Å²) >= 11 is 0. The largest absolute Gasteiger partial charge is 0.392 e. The number of hydrogen-bond acceptors (Lipinski definition) is 8. The van der Waals surface area contributed by atoms with Gasteiger partial charge in [0.2, 0.25) is 0 Å². The Labute approximate surface area is 257 Å². The molecular weight excluding hydrogens is 556 g/mol. The molecule has 2 aliphatic rings. The summed E-state index contributed by atoms with van der Waals surface area (Å²) in [6, 6.07) is 31.4. The van der Waals surface area contributed by atoms with E-state index < -0.39 is 6.29 Å². The molecule has 4 aromatic rings. The van der Waals surface area contributed by atoms with Crippen LogP contribution in [0.15, 0.2) is 97.1 Å². The molecule has 9 nitrogen and oxygen atoms in total. The lowest BCUT2D eigenvalue weighted by atomic mass is 9.99. The van der Waals surface area contributed by atoms with Crippen LogP contribution in [-0.4, -0.2) is 53.8 Å². The molecule has 3 atom stereocenters. The second kappa shape index (κ2) is 13.7. The van der Waals surface area contributed by atoms with E-state index in [0.717, 1.165) is 78.2 Å². The number of rotatable bonds is 9. The molecule has 6 rings (SSSR count). The van der Waals surface area contributed by atoms with Crippen molar-refractivity contribution < 1.29 is 19.5 Å². The fourth-order valence-corrected chi connectivity index (χ4v) is 6.01. The summed E-state index contributed by atoms with van der Waals surface area (Å²) in [7, 11) is 0. The van der Waals surface area contributed by atoms with Gasteiger partial charge < -0.3 is 25.2 Å². The molecule has 228 valence electrons.